The Morgan fingerprint density at radius 2 is 1.95 bits per heavy atom. The molecule has 0 spiro atoms. The highest BCUT2D eigenvalue weighted by Crippen LogP contribution is 2.46. The lowest BCUT2D eigenvalue weighted by Crippen LogP contribution is -2.32. The van der Waals surface area contributed by atoms with Gasteiger partial charge in [0.25, 0.3) is 0 Å². The van der Waals surface area contributed by atoms with Crippen LogP contribution >= 0.6 is 43.6 Å². The average Bonchev–Trinajstić information content (AvgIpc) is 3.12. The normalized spacial score (nSPS) is 17.5. The lowest BCUT2D eigenvalue weighted by Gasteiger charge is -2.15. The van der Waals surface area contributed by atoms with Crippen molar-refractivity contribution in [3.8, 4) is 0 Å². The molecular formula is C12H15Br2NO2S2. The first kappa shape index (κ1) is 15.8. The fourth-order valence-corrected chi connectivity index (χ4v) is 5.35. The molecule has 2 rings (SSSR count). The van der Waals surface area contributed by atoms with Crippen LogP contribution in [-0.2, 0) is 10.0 Å². The minimum absolute atomic E-state index is 0.113. The molecular weight excluding hydrogens is 414 g/mol. The van der Waals surface area contributed by atoms with Gasteiger partial charge in [0.05, 0.1) is 4.90 Å². The third-order valence-corrected chi connectivity index (χ3v) is 7.96. The minimum atomic E-state index is -3.47. The maximum atomic E-state index is 12.3. The summed E-state index contributed by atoms with van der Waals surface area (Å²) in [5, 5.41) is 0. The molecule has 1 aromatic rings. The monoisotopic (exact) mass is 427 g/mol. The summed E-state index contributed by atoms with van der Waals surface area (Å²) >= 11 is 8.43. The first-order valence-corrected chi connectivity index (χ1v) is 10.1. The molecule has 1 aliphatic carbocycles. The van der Waals surface area contributed by atoms with Gasteiger partial charge in [-0.05, 0) is 59.6 Å². The van der Waals surface area contributed by atoms with Crippen LogP contribution in [0.2, 0.25) is 0 Å². The van der Waals surface area contributed by atoms with E-state index in [0.29, 0.717) is 11.0 Å². The fourth-order valence-electron chi connectivity index (χ4n) is 1.73. The van der Waals surface area contributed by atoms with Crippen molar-refractivity contribution < 1.29 is 8.42 Å². The molecule has 1 aromatic carbocycles. The van der Waals surface area contributed by atoms with Crippen molar-refractivity contribution in [2.75, 3.05) is 12.8 Å². The molecule has 1 saturated carbocycles. The maximum Gasteiger partial charge on any atom is 0.241 e. The topological polar surface area (TPSA) is 46.2 Å². The van der Waals surface area contributed by atoms with Crippen molar-refractivity contribution in [1.29, 1.82) is 0 Å². The molecule has 1 N–H and O–H groups in total. The Balaban J connectivity index is 2.22. The van der Waals surface area contributed by atoms with Gasteiger partial charge < -0.3 is 0 Å². The molecule has 1 fully saturated rings. The van der Waals surface area contributed by atoms with Gasteiger partial charge in [-0.15, -0.1) is 0 Å². The zero-order valence-electron chi connectivity index (χ0n) is 10.7. The highest BCUT2D eigenvalue weighted by Gasteiger charge is 2.42. The second-order valence-electron chi connectivity index (χ2n) is 4.74. The SMILES string of the molecule is CSC1(CNS(=O)(=O)c2cc(Br)c(C)cc2Br)CC1. The van der Waals surface area contributed by atoms with Crippen molar-refractivity contribution in [3.05, 3.63) is 26.6 Å². The number of nitrogens with one attached hydrogen (secondary N) is 1. The van der Waals surface area contributed by atoms with E-state index in [1.54, 1.807) is 23.9 Å². The summed E-state index contributed by atoms with van der Waals surface area (Å²) in [4.78, 5) is 0.280. The minimum Gasteiger partial charge on any atom is -0.210 e. The molecule has 0 heterocycles. The van der Waals surface area contributed by atoms with Gasteiger partial charge in [-0.25, -0.2) is 13.1 Å². The van der Waals surface area contributed by atoms with E-state index in [-0.39, 0.29) is 9.64 Å². The van der Waals surface area contributed by atoms with Gasteiger partial charge in [-0.1, -0.05) is 15.9 Å². The molecule has 106 valence electrons. The van der Waals surface area contributed by atoms with Gasteiger partial charge in [0.1, 0.15) is 0 Å². The quantitative estimate of drug-likeness (QED) is 0.777. The highest BCUT2D eigenvalue weighted by molar-refractivity contribution is 9.11. The van der Waals surface area contributed by atoms with Crippen molar-refractivity contribution in [1.82, 2.24) is 4.72 Å². The molecule has 0 radical (unpaired) electrons. The number of hydrogen-bond acceptors (Lipinski definition) is 3. The number of aryl methyl sites for hydroxylation is 1. The smallest absolute Gasteiger partial charge is 0.210 e. The van der Waals surface area contributed by atoms with Crippen molar-refractivity contribution >= 4 is 53.6 Å². The van der Waals surface area contributed by atoms with Crippen LogP contribution in [0, 0.1) is 6.92 Å². The van der Waals surface area contributed by atoms with Gasteiger partial charge in [0.2, 0.25) is 10.0 Å². The molecule has 0 unspecified atom stereocenters. The lowest BCUT2D eigenvalue weighted by molar-refractivity contribution is 0.579. The van der Waals surface area contributed by atoms with E-state index in [0.717, 1.165) is 22.9 Å². The van der Waals surface area contributed by atoms with Crippen LogP contribution in [0.1, 0.15) is 18.4 Å². The van der Waals surface area contributed by atoms with Gasteiger partial charge in [-0.3, -0.25) is 0 Å². The predicted octanol–water partition coefficient (Wildman–Crippen LogP) is 3.69. The summed E-state index contributed by atoms with van der Waals surface area (Å²) in [6, 6.07) is 3.44. The zero-order valence-corrected chi connectivity index (χ0v) is 15.5. The number of sulfonamides is 1. The van der Waals surface area contributed by atoms with E-state index >= 15 is 0 Å². The van der Waals surface area contributed by atoms with E-state index in [1.807, 2.05) is 13.2 Å². The molecule has 0 bridgehead atoms. The van der Waals surface area contributed by atoms with Crippen LogP contribution in [-0.4, -0.2) is 26.0 Å². The average molecular weight is 429 g/mol. The van der Waals surface area contributed by atoms with Crippen LogP contribution < -0.4 is 4.72 Å². The number of benzene rings is 1. The highest BCUT2D eigenvalue weighted by atomic mass is 79.9. The molecule has 0 aliphatic heterocycles. The third kappa shape index (κ3) is 3.56. The van der Waals surface area contributed by atoms with Crippen LogP contribution in [0.25, 0.3) is 0 Å². The van der Waals surface area contributed by atoms with Crippen LogP contribution in [0.5, 0.6) is 0 Å². The molecule has 0 atom stereocenters. The Labute approximate surface area is 135 Å². The molecule has 0 amide bonds. The van der Waals surface area contributed by atoms with Gasteiger partial charge in [-0.2, -0.15) is 11.8 Å². The predicted molar refractivity (Wildman–Crippen MR) is 87.2 cm³/mol. The second-order valence-corrected chi connectivity index (χ2v) is 9.46. The van der Waals surface area contributed by atoms with Crippen LogP contribution in [0.3, 0.4) is 0 Å². The maximum absolute atomic E-state index is 12.3. The summed E-state index contributed by atoms with van der Waals surface area (Å²) in [5.74, 6) is 0. The van der Waals surface area contributed by atoms with Crippen molar-refractivity contribution in [3.63, 3.8) is 0 Å². The number of rotatable bonds is 5. The number of halogens is 2. The van der Waals surface area contributed by atoms with Gasteiger partial charge in [0, 0.05) is 20.2 Å². The number of thioether (sulfide) groups is 1. The Hall–Kier alpha value is 0.440. The first-order chi connectivity index (χ1) is 8.80. The van der Waals surface area contributed by atoms with Gasteiger partial charge >= 0.3 is 0 Å². The number of hydrogen-bond donors (Lipinski definition) is 1. The third-order valence-electron chi connectivity index (χ3n) is 3.33. The van der Waals surface area contributed by atoms with E-state index in [9.17, 15) is 8.42 Å². The van der Waals surface area contributed by atoms with E-state index in [1.165, 1.54) is 0 Å². The van der Waals surface area contributed by atoms with Crippen LogP contribution in [0.4, 0.5) is 0 Å². The summed E-state index contributed by atoms with van der Waals surface area (Å²) in [7, 11) is -3.47. The summed E-state index contributed by atoms with van der Waals surface area (Å²) < 4.78 is 28.9. The van der Waals surface area contributed by atoms with E-state index in [2.05, 4.69) is 36.6 Å². The fraction of sp³-hybridized carbons (Fsp3) is 0.500. The van der Waals surface area contributed by atoms with Crippen LogP contribution in [0.15, 0.2) is 26.0 Å². The zero-order chi connectivity index (χ0) is 14.3. The standard InChI is InChI=1S/C12H15Br2NO2S2/c1-8-5-10(14)11(6-9(8)13)19(16,17)15-7-12(18-2)3-4-12/h5-6,15H,3-4,7H2,1-2H3. The summed E-state index contributed by atoms with van der Waals surface area (Å²) in [6.07, 6.45) is 4.19. The van der Waals surface area contributed by atoms with Gasteiger partial charge in [0.15, 0.2) is 0 Å². The van der Waals surface area contributed by atoms with Crippen molar-refractivity contribution in [2.24, 2.45) is 0 Å². The molecule has 0 saturated heterocycles. The largest absolute Gasteiger partial charge is 0.241 e. The second kappa shape index (κ2) is 5.67. The van der Waals surface area contributed by atoms with E-state index in [4.69, 9.17) is 0 Å². The van der Waals surface area contributed by atoms with Crippen molar-refractivity contribution in [2.45, 2.75) is 29.4 Å². The molecule has 19 heavy (non-hydrogen) atoms. The first-order valence-electron chi connectivity index (χ1n) is 5.80. The molecule has 3 nitrogen and oxygen atoms in total. The molecule has 1 aliphatic rings. The summed E-state index contributed by atoms with van der Waals surface area (Å²) in [5.41, 5.74) is 0.994. The Kier molecular flexibility index (Phi) is 4.72. The molecule has 0 aromatic heterocycles. The summed E-state index contributed by atoms with van der Waals surface area (Å²) in [6.45, 7) is 2.42. The lowest BCUT2D eigenvalue weighted by atomic mass is 10.2. The van der Waals surface area contributed by atoms with E-state index < -0.39 is 10.0 Å². The Bertz CT molecular complexity index is 598. The Morgan fingerprint density at radius 3 is 2.47 bits per heavy atom. The Morgan fingerprint density at radius 1 is 1.32 bits per heavy atom. The molecule has 7 heteroatoms.